The topological polar surface area (TPSA) is 15.3 Å². The molecule has 1 aliphatic rings. The predicted octanol–water partition coefficient (Wildman–Crippen LogP) is 2.25. The van der Waals surface area contributed by atoms with Crippen molar-refractivity contribution in [3.05, 3.63) is 0 Å². The number of rotatable bonds is 8. The van der Waals surface area contributed by atoms with Crippen LogP contribution in [0.1, 0.15) is 46.5 Å². The van der Waals surface area contributed by atoms with Crippen LogP contribution >= 0.6 is 0 Å². The number of hydrogen-bond donors (Lipinski definition) is 1. The smallest absolute Gasteiger partial charge is 0.0195 e. The summed E-state index contributed by atoms with van der Waals surface area (Å²) in [4.78, 5) is 2.64. The van der Waals surface area contributed by atoms with Crippen LogP contribution in [0.15, 0.2) is 0 Å². The van der Waals surface area contributed by atoms with E-state index in [1.807, 2.05) is 0 Å². The molecule has 1 atom stereocenters. The maximum Gasteiger partial charge on any atom is 0.0195 e. The summed E-state index contributed by atoms with van der Waals surface area (Å²) in [6, 6.07) is 1.62. The average molecular weight is 198 g/mol. The van der Waals surface area contributed by atoms with Crippen molar-refractivity contribution < 1.29 is 0 Å². The third-order valence-corrected chi connectivity index (χ3v) is 3.09. The van der Waals surface area contributed by atoms with Crippen molar-refractivity contribution in [1.82, 2.24) is 10.2 Å². The molecule has 0 aromatic carbocycles. The minimum absolute atomic E-state index is 0.712. The van der Waals surface area contributed by atoms with Gasteiger partial charge in [0.25, 0.3) is 0 Å². The summed E-state index contributed by atoms with van der Waals surface area (Å²) in [7, 11) is 0. The standard InChI is InChI=1S/C12H26N2/c1-4-6-9-13-10-11(3)14(5-2)12-7-8-12/h11-13H,4-10H2,1-3H3. The fourth-order valence-corrected chi connectivity index (χ4v) is 2.07. The molecule has 0 bridgehead atoms. The fourth-order valence-electron chi connectivity index (χ4n) is 2.07. The monoisotopic (exact) mass is 198 g/mol. The van der Waals surface area contributed by atoms with Crippen LogP contribution in [0.5, 0.6) is 0 Å². The second-order valence-electron chi connectivity index (χ2n) is 4.47. The van der Waals surface area contributed by atoms with Crippen LogP contribution in [-0.4, -0.2) is 36.6 Å². The molecule has 14 heavy (non-hydrogen) atoms. The van der Waals surface area contributed by atoms with Gasteiger partial charge in [-0.15, -0.1) is 0 Å². The van der Waals surface area contributed by atoms with Gasteiger partial charge >= 0.3 is 0 Å². The van der Waals surface area contributed by atoms with Gasteiger partial charge in [-0.05, 0) is 39.3 Å². The largest absolute Gasteiger partial charge is 0.315 e. The summed E-state index contributed by atoms with van der Waals surface area (Å²) >= 11 is 0. The van der Waals surface area contributed by atoms with E-state index in [2.05, 4.69) is 31.0 Å². The van der Waals surface area contributed by atoms with Crippen molar-refractivity contribution in [2.45, 2.75) is 58.5 Å². The first kappa shape index (κ1) is 12.0. The highest BCUT2D eigenvalue weighted by Crippen LogP contribution is 2.27. The van der Waals surface area contributed by atoms with Crippen LogP contribution in [-0.2, 0) is 0 Å². The molecule has 0 spiro atoms. The zero-order valence-electron chi connectivity index (χ0n) is 10.1. The summed E-state index contributed by atoms with van der Waals surface area (Å²) in [5.41, 5.74) is 0. The Balaban J connectivity index is 2.08. The minimum atomic E-state index is 0.712. The van der Waals surface area contributed by atoms with Crippen LogP contribution in [0.25, 0.3) is 0 Å². The second-order valence-corrected chi connectivity index (χ2v) is 4.47. The highest BCUT2D eigenvalue weighted by Gasteiger charge is 2.30. The predicted molar refractivity (Wildman–Crippen MR) is 62.6 cm³/mol. The molecule has 0 aliphatic heterocycles. The Labute approximate surface area is 89.1 Å². The molecular formula is C12H26N2. The second kappa shape index (κ2) is 6.41. The molecule has 0 saturated heterocycles. The summed E-state index contributed by atoms with van der Waals surface area (Å²) in [6.07, 6.45) is 5.45. The molecule has 0 aromatic rings. The lowest BCUT2D eigenvalue weighted by Crippen LogP contribution is -2.41. The Bertz CT molecular complexity index is 143. The average Bonchev–Trinajstić information content (AvgIpc) is 2.98. The summed E-state index contributed by atoms with van der Waals surface area (Å²) in [5, 5.41) is 3.54. The Morgan fingerprint density at radius 2 is 2.07 bits per heavy atom. The summed E-state index contributed by atoms with van der Waals surface area (Å²) in [6.45, 7) is 10.4. The van der Waals surface area contributed by atoms with Crippen molar-refractivity contribution in [3.8, 4) is 0 Å². The number of unbranched alkanes of at least 4 members (excludes halogenated alkanes) is 1. The SMILES string of the molecule is CCCCNCC(C)N(CC)C1CC1. The molecule has 1 unspecified atom stereocenters. The van der Waals surface area contributed by atoms with E-state index < -0.39 is 0 Å². The van der Waals surface area contributed by atoms with E-state index in [0.717, 1.165) is 12.6 Å². The van der Waals surface area contributed by atoms with Crippen LogP contribution in [0.2, 0.25) is 0 Å². The van der Waals surface area contributed by atoms with Crippen LogP contribution in [0.3, 0.4) is 0 Å². The molecule has 0 radical (unpaired) electrons. The highest BCUT2D eigenvalue weighted by atomic mass is 15.2. The van der Waals surface area contributed by atoms with Crippen LogP contribution in [0.4, 0.5) is 0 Å². The van der Waals surface area contributed by atoms with Crippen molar-refractivity contribution in [1.29, 1.82) is 0 Å². The maximum atomic E-state index is 3.54. The van der Waals surface area contributed by atoms with E-state index in [-0.39, 0.29) is 0 Å². The third kappa shape index (κ3) is 3.97. The van der Waals surface area contributed by atoms with E-state index in [1.54, 1.807) is 0 Å². The lowest BCUT2D eigenvalue weighted by molar-refractivity contribution is 0.205. The van der Waals surface area contributed by atoms with Gasteiger partial charge < -0.3 is 5.32 Å². The van der Waals surface area contributed by atoms with E-state index in [4.69, 9.17) is 0 Å². The van der Waals surface area contributed by atoms with Gasteiger partial charge in [0, 0.05) is 18.6 Å². The summed E-state index contributed by atoms with van der Waals surface area (Å²) < 4.78 is 0. The lowest BCUT2D eigenvalue weighted by atomic mass is 10.2. The zero-order valence-corrected chi connectivity index (χ0v) is 10.1. The van der Waals surface area contributed by atoms with Crippen molar-refractivity contribution >= 4 is 0 Å². The van der Waals surface area contributed by atoms with E-state index >= 15 is 0 Å². The maximum absolute atomic E-state index is 3.54. The normalized spacial score (nSPS) is 18.9. The molecular weight excluding hydrogens is 172 g/mol. The number of likely N-dealkylation sites (N-methyl/N-ethyl adjacent to an activating group) is 1. The van der Waals surface area contributed by atoms with Gasteiger partial charge in [0.1, 0.15) is 0 Å². The molecule has 0 aromatic heterocycles. The fraction of sp³-hybridized carbons (Fsp3) is 1.00. The molecule has 0 amide bonds. The molecule has 1 saturated carbocycles. The van der Waals surface area contributed by atoms with Crippen molar-refractivity contribution in [2.75, 3.05) is 19.6 Å². The first-order valence-electron chi connectivity index (χ1n) is 6.26. The highest BCUT2D eigenvalue weighted by molar-refractivity contribution is 4.87. The Hall–Kier alpha value is -0.0800. The van der Waals surface area contributed by atoms with Gasteiger partial charge in [-0.3, -0.25) is 4.90 Å². The molecule has 0 heterocycles. The van der Waals surface area contributed by atoms with Gasteiger partial charge in [-0.2, -0.15) is 0 Å². The van der Waals surface area contributed by atoms with E-state index in [0.29, 0.717) is 6.04 Å². The van der Waals surface area contributed by atoms with Crippen LogP contribution < -0.4 is 5.32 Å². The molecule has 1 aliphatic carbocycles. The van der Waals surface area contributed by atoms with Crippen LogP contribution in [0, 0.1) is 0 Å². The Morgan fingerprint density at radius 1 is 1.36 bits per heavy atom. The van der Waals surface area contributed by atoms with Crippen molar-refractivity contribution in [3.63, 3.8) is 0 Å². The van der Waals surface area contributed by atoms with Crippen molar-refractivity contribution in [2.24, 2.45) is 0 Å². The zero-order chi connectivity index (χ0) is 10.4. The molecule has 1 fully saturated rings. The third-order valence-electron chi connectivity index (χ3n) is 3.09. The first-order chi connectivity index (χ1) is 6.79. The number of nitrogens with one attached hydrogen (secondary N) is 1. The number of nitrogens with zero attached hydrogens (tertiary/aromatic N) is 1. The molecule has 84 valence electrons. The minimum Gasteiger partial charge on any atom is -0.315 e. The molecule has 1 rings (SSSR count). The van der Waals surface area contributed by atoms with E-state index in [1.165, 1.54) is 38.8 Å². The number of hydrogen-bond acceptors (Lipinski definition) is 2. The Morgan fingerprint density at radius 3 is 2.57 bits per heavy atom. The quantitative estimate of drug-likeness (QED) is 0.602. The van der Waals surface area contributed by atoms with Gasteiger partial charge in [0.05, 0.1) is 0 Å². The van der Waals surface area contributed by atoms with Gasteiger partial charge in [-0.25, -0.2) is 0 Å². The summed E-state index contributed by atoms with van der Waals surface area (Å²) in [5.74, 6) is 0. The molecule has 2 heteroatoms. The lowest BCUT2D eigenvalue weighted by Gasteiger charge is -2.27. The molecule has 2 nitrogen and oxygen atoms in total. The Kier molecular flexibility index (Phi) is 5.49. The van der Waals surface area contributed by atoms with Gasteiger partial charge in [0.2, 0.25) is 0 Å². The first-order valence-corrected chi connectivity index (χ1v) is 6.26. The van der Waals surface area contributed by atoms with Gasteiger partial charge in [-0.1, -0.05) is 20.3 Å². The molecule has 1 N–H and O–H groups in total. The van der Waals surface area contributed by atoms with E-state index in [9.17, 15) is 0 Å². The van der Waals surface area contributed by atoms with Gasteiger partial charge in [0.15, 0.2) is 0 Å².